The SMILES string of the molecule is Cc1ccc(-n2c(O)c(N=NCc3cccc(-c4cccc(C(=O)O)c4)c3O)c3c(Cl)cc(C(F)(F)F)cc32)cc1C. The van der Waals surface area contributed by atoms with Gasteiger partial charge in [0.05, 0.1) is 33.6 Å². The molecule has 0 radical (unpaired) electrons. The predicted octanol–water partition coefficient (Wildman–Crippen LogP) is 8.98. The average Bonchev–Trinajstić information content (AvgIpc) is 3.22. The summed E-state index contributed by atoms with van der Waals surface area (Å²) in [6, 6.07) is 17.8. The maximum absolute atomic E-state index is 13.7. The Morgan fingerprint density at radius 3 is 2.38 bits per heavy atom. The first kappa shape index (κ1) is 28.7. The standard InChI is InChI=1S/C31H23ClF3N3O4/c1-16-9-10-22(11-17(16)2)38-25-14-21(31(33,34)35)13-24(32)26(25)27(29(38)40)37-36-15-20-7-4-8-23(28(20)39)18-5-3-6-19(12-18)30(41)42/h3-14,39-40H,15H2,1-2H3,(H,41,42). The highest BCUT2D eigenvalue weighted by molar-refractivity contribution is 6.37. The first-order chi connectivity index (χ1) is 19.9. The highest BCUT2D eigenvalue weighted by Gasteiger charge is 2.33. The van der Waals surface area contributed by atoms with Gasteiger partial charge in [-0.2, -0.15) is 18.3 Å². The summed E-state index contributed by atoms with van der Waals surface area (Å²) >= 11 is 6.34. The van der Waals surface area contributed by atoms with Gasteiger partial charge in [-0.1, -0.05) is 48.0 Å². The van der Waals surface area contributed by atoms with Crippen molar-refractivity contribution in [2.75, 3.05) is 0 Å². The third kappa shape index (κ3) is 5.28. The molecule has 0 saturated carbocycles. The Hall–Kier alpha value is -4.83. The number of nitrogens with zero attached hydrogens (tertiary/aromatic N) is 3. The van der Waals surface area contributed by atoms with Crippen LogP contribution in [0, 0.1) is 13.8 Å². The van der Waals surface area contributed by atoms with Gasteiger partial charge in [-0.25, -0.2) is 4.79 Å². The van der Waals surface area contributed by atoms with Crippen LogP contribution in [-0.4, -0.2) is 25.9 Å². The van der Waals surface area contributed by atoms with Crippen LogP contribution in [0.25, 0.3) is 27.7 Å². The number of aryl methyl sites for hydroxylation is 2. The van der Waals surface area contributed by atoms with Crippen molar-refractivity contribution in [1.82, 2.24) is 4.57 Å². The zero-order valence-electron chi connectivity index (χ0n) is 22.2. The molecule has 1 aromatic heterocycles. The van der Waals surface area contributed by atoms with Gasteiger partial charge < -0.3 is 15.3 Å². The number of hydrogen-bond donors (Lipinski definition) is 3. The topological polar surface area (TPSA) is 107 Å². The first-order valence-electron chi connectivity index (χ1n) is 12.6. The summed E-state index contributed by atoms with van der Waals surface area (Å²) in [7, 11) is 0. The van der Waals surface area contributed by atoms with Crippen LogP contribution in [0.1, 0.15) is 32.6 Å². The van der Waals surface area contributed by atoms with E-state index in [1.807, 2.05) is 13.8 Å². The van der Waals surface area contributed by atoms with Crippen LogP contribution < -0.4 is 0 Å². The molecule has 0 fully saturated rings. The minimum atomic E-state index is -4.68. The van der Waals surface area contributed by atoms with Crippen LogP contribution in [0.3, 0.4) is 0 Å². The van der Waals surface area contributed by atoms with Crippen LogP contribution in [0.5, 0.6) is 11.6 Å². The lowest BCUT2D eigenvalue weighted by Crippen LogP contribution is -2.05. The van der Waals surface area contributed by atoms with Crippen molar-refractivity contribution in [2.24, 2.45) is 10.2 Å². The molecule has 7 nitrogen and oxygen atoms in total. The minimum absolute atomic E-state index is 0.00677. The van der Waals surface area contributed by atoms with Gasteiger partial charge in [0.25, 0.3) is 0 Å². The fraction of sp³-hybridized carbons (Fsp3) is 0.129. The number of carboxylic acids is 1. The Balaban J connectivity index is 1.59. The number of alkyl halides is 3. The number of carbonyl (C=O) groups is 1. The zero-order chi connectivity index (χ0) is 30.3. The fourth-order valence-corrected chi connectivity index (χ4v) is 4.98. The van der Waals surface area contributed by atoms with E-state index in [4.69, 9.17) is 11.6 Å². The van der Waals surface area contributed by atoms with Gasteiger partial charge in [-0.15, -0.1) is 5.11 Å². The second kappa shape index (κ2) is 10.9. The Morgan fingerprint density at radius 2 is 1.69 bits per heavy atom. The Labute approximate surface area is 242 Å². The molecule has 1 heterocycles. The molecule has 0 unspecified atom stereocenters. The number of para-hydroxylation sites is 1. The molecule has 0 aliphatic heterocycles. The van der Waals surface area contributed by atoms with E-state index in [0.29, 0.717) is 22.4 Å². The molecule has 214 valence electrons. The van der Waals surface area contributed by atoms with Crippen LogP contribution >= 0.6 is 11.6 Å². The monoisotopic (exact) mass is 593 g/mol. The quantitative estimate of drug-likeness (QED) is 0.171. The summed E-state index contributed by atoms with van der Waals surface area (Å²) in [5, 5.41) is 39.5. The van der Waals surface area contributed by atoms with E-state index < -0.39 is 23.6 Å². The number of benzene rings is 4. The van der Waals surface area contributed by atoms with Crippen LogP contribution in [-0.2, 0) is 12.7 Å². The van der Waals surface area contributed by atoms with Crippen molar-refractivity contribution < 1.29 is 33.3 Å². The number of halogens is 4. The summed E-state index contributed by atoms with van der Waals surface area (Å²) in [6.45, 7) is 3.57. The Morgan fingerprint density at radius 1 is 0.952 bits per heavy atom. The number of aromatic hydroxyl groups is 2. The van der Waals surface area contributed by atoms with Gasteiger partial charge >= 0.3 is 12.1 Å². The van der Waals surface area contributed by atoms with Gasteiger partial charge in [0.2, 0.25) is 5.88 Å². The van der Waals surface area contributed by atoms with E-state index in [1.54, 1.807) is 48.5 Å². The third-order valence-corrected chi connectivity index (χ3v) is 7.30. The van der Waals surface area contributed by atoms with Gasteiger partial charge in [-0.3, -0.25) is 4.57 Å². The number of phenols is 1. The molecule has 0 atom stereocenters. The van der Waals surface area contributed by atoms with E-state index in [1.165, 1.54) is 16.7 Å². The van der Waals surface area contributed by atoms with Crippen molar-refractivity contribution in [3.05, 3.63) is 106 Å². The summed E-state index contributed by atoms with van der Waals surface area (Å²) in [5.41, 5.74) is 2.36. The number of carboxylic acid groups (broad SMARTS) is 1. The minimum Gasteiger partial charge on any atom is -0.507 e. The Kier molecular flexibility index (Phi) is 7.42. The maximum Gasteiger partial charge on any atom is 0.416 e. The fourth-order valence-electron chi connectivity index (χ4n) is 4.67. The van der Waals surface area contributed by atoms with E-state index in [0.717, 1.165) is 23.3 Å². The van der Waals surface area contributed by atoms with Crippen molar-refractivity contribution in [3.8, 4) is 28.4 Å². The summed E-state index contributed by atoms with van der Waals surface area (Å²) in [4.78, 5) is 11.4. The summed E-state index contributed by atoms with van der Waals surface area (Å²) in [5.74, 6) is -1.71. The third-order valence-electron chi connectivity index (χ3n) is 7.00. The molecule has 11 heteroatoms. The second-order valence-corrected chi connectivity index (χ2v) is 10.1. The molecular weight excluding hydrogens is 571 g/mol. The average molecular weight is 594 g/mol. The normalized spacial score (nSPS) is 12.0. The number of aromatic nitrogens is 1. The maximum atomic E-state index is 13.7. The molecule has 4 aromatic carbocycles. The van der Waals surface area contributed by atoms with Crippen molar-refractivity contribution in [1.29, 1.82) is 0 Å². The summed E-state index contributed by atoms with van der Waals surface area (Å²) < 4.78 is 42.3. The van der Waals surface area contributed by atoms with Crippen molar-refractivity contribution >= 4 is 34.2 Å². The predicted molar refractivity (Wildman–Crippen MR) is 153 cm³/mol. The van der Waals surface area contributed by atoms with Crippen LogP contribution in [0.4, 0.5) is 18.9 Å². The zero-order valence-corrected chi connectivity index (χ0v) is 23.0. The number of fused-ring (bicyclic) bond motifs is 1. The van der Waals surface area contributed by atoms with E-state index in [2.05, 4.69) is 10.2 Å². The van der Waals surface area contributed by atoms with Gasteiger partial charge in [0, 0.05) is 16.8 Å². The lowest BCUT2D eigenvalue weighted by Gasteiger charge is -2.12. The lowest BCUT2D eigenvalue weighted by atomic mass is 9.99. The van der Waals surface area contributed by atoms with Gasteiger partial charge in [0.1, 0.15) is 5.75 Å². The molecule has 42 heavy (non-hydrogen) atoms. The largest absolute Gasteiger partial charge is 0.507 e. The molecular formula is C31H23ClF3N3O4. The Bertz CT molecular complexity index is 1900. The molecule has 3 N–H and O–H groups in total. The van der Waals surface area contributed by atoms with Crippen molar-refractivity contribution in [3.63, 3.8) is 0 Å². The smallest absolute Gasteiger partial charge is 0.416 e. The molecule has 5 rings (SSSR count). The molecule has 0 aliphatic rings. The van der Waals surface area contributed by atoms with E-state index in [-0.39, 0.29) is 39.5 Å². The molecule has 0 saturated heterocycles. The van der Waals surface area contributed by atoms with Crippen LogP contribution in [0.2, 0.25) is 5.02 Å². The highest BCUT2D eigenvalue weighted by Crippen LogP contribution is 2.47. The lowest BCUT2D eigenvalue weighted by molar-refractivity contribution is -0.137. The molecule has 0 amide bonds. The summed E-state index contributed by atoms with van der Waals surface area (Å²) in [6.07, 6.45) is -4.68. The van der Waals surface area contributed by atoms with Gasteiger partial charge in [-0.05, 0) is 66.9 Å². The van der Waals surface area contributed by atoms with E-state index in [9.17, 15) is 33.3 Å². The van der Waals surface area contributed by atoms with E-state index >= 15 is 0 Å². The number of aromatic carboxylic acids is 1. The van der Waals surface area contributed by atoms with Crippen LogP contribution in [0.15, 0.2) is 83.0 Å². The second-order valence-electron chi connectivity index (χ2n) is 9.72. The molecule has 0 bridgehead atoms. The molecule has 0 aliphatic carbocycles. The number of azo groups is 1. The first-order valence-corrected chi connectivity index (χ1v) is 13.0. The number of rotatable bonds is 6. The number of phenolic OH excluding ortho intramolecular Hbond substituents is 1. The molecule has 5 aromatic rings. The molecule has 0 spiro atoms. The number of hydrogen-bond acceptors (Lipinski definition) is 5. The van der Waals surface area contributed by atoms with Gasteiger partial charge in [0.15, 0.2) is 5.69 Å². The van der Waals surface area contributed by atoms with Crippen molar-refractivity contribution in [2.45, 2.75) is 26.6 Å². The highest BCUT2D eigenvalue weighted by atomic mass is 35.5.